The molecule has 3 rings (SSSR count). The molecule has 1 aromatic rings. The summed E-state index contributed by atoms with van der Waals surface area (Å²) in [7, 11) is 1.24. The first-order valence-corrected chi connectivity index (χ1v) is 6.50. The topological polar surface area (TPSA) is 88.4 Å². The summed E-state index contributed by atoms with van der Waals surface area (Å²) in [6.45, 7) is 1.84. The fourth-order valence-electron chi connectivity index (χ4n) is 2.97. The van der Waals surface area contributed by atoms with Gasteiger partial charge in [0.2, 0.25) is 0 Å². The molecule has 1 saturated heterocycles. The Morgan fingerprint density at radius 3 is 2.70 bits per heavy atom. The highest BCUT2D eigenvalue weighted by molar-refractivity contribution is 5.36. The average Bonchev–Trinajstić information content (AvgIpc) is 2.84. The Labute approximate surface area is 116 Å². The van der Waals surface area contributed by atoms with Gasteiger partial charge in [-0.1, -0.05) is 24.3 Å². The van der Waals surface area contributed by atoms with E-state index in [1.165, 1.54) is 7.11 Å². The summed E-state index contributed by atoms with van der Waals surface area (Å²) in [5.74, 6) is -3.83. The predicted octanol–water partition coefficient (Wildman–Crippen LogP) is -0.155. The van der Waals surface area contributed by atoms with Crippen LogP contribution in [0.3, 0.4) is 0 Å². The summed E-state index contributed by atoms with van der Waals surface area (Å²) in [5, 5.41) is 30.9. The third kappa shape index (κ3) is 1.54. The first kappa shape index (κ1) is 13.9. The van der Waals surface area contributed by atoms with Crippen molar-refractivity contribution < 1.29 is 29.5 Å². The molecule has 0 amide bonds. The number of hydrogen-bond acceptors (Lipinski definition) is 6. The smallest absolute Gasteiger partial charge is 0.255 e. The van der Waals surface area contributed by atoms with Crippen LogP contribution >= 0.6 is 0 Å². The van der Waals surface area contributed by atoms with Crippen molar-refractivity contribution in [2.45, 2.75) is 43.4 Å². The van der Waals surface area contributed by atoms with E-state index in [9.17, 15) is 15.3 Å². The van der Waals surface area contributed by atoms with E-state index in [0.717, 1.165) is 5.56 Å². The van der Waals surface area contributed by atoms with Crippen LogP contribution in [0.1, 0.15) is 18.1 Å². The Balaban J connectivity index is 2.16. The molecule has 0 aliphatic carbocycles. The number of aliphatic hydroxyl groups is 3. The Bertz CT molecular complexity index is 520. The number of benzene rings is 1. The molecule has 20 heavy (non-hydrogen) atoms. The van der Waals surface area contributed by atoms with Crippen LogP contribution < -0.4 is 0 Å². The van der Waals surface area contributed by atoms with Gasteiger partial charge < -0.3 is 29.5 Å². The lowest BCUT2D eigenvalue weighted by atomic mass is 9.84. The summed E-state index contributed by atoms with van der Waals surface area (Å²) >= 11 is 0. The molecule has 1 spiro atoms. The molecule has 6 nitrogen and oxygen atoms in total. The van der Waals surface area contributed by atoms with Crippen LogP contribution in [-0.4, -0.2) is 46.5 Å². The van der Waals surface area contributed by atoms with Crippen molar-refractivity contribution in [1.29, 1.82) is 0 Å². The molecular formula is C14H18O6. The second-order valence-electron chi connectivity index (χ2n) is 5.22. The maximum absolute atomic E-state index is 10.8. The van der Waals surface area contributed by atoms with Gasteiger partial charge in [0.05, 0.1) is 12.7 Å². The zero-order chi connectivity index (χ0) is 14.5. The number of ether oxygens (including phenoxy) is 3. The third-order valence-corrected chi connectivity index (χ3v) is 4.14. The lowest BCUT2D eigenvalue weighted by Crippen LogP contribution is -2.71. The SMILES string of the molecule is COC1(O)C(O)C(O)C(C)OC12OCc1ccccc12. The molecule has 5 unspecified atom stereocenters. The van der Waals surface area contributed by atoms with Crippen LogP contribution in [0.2, 0.25) is 0 Å². The number of rotatable bonds is 1. The lowest BCUT2D eigenvalue weighted by Gasteiger charge is -2.52. The first-order chi connectivity index (χ1) is 9.46. The van der Waals surface area contributed by atoms with Gasteiger partial charge >= 0.3 is 0 Å². The minimum absolute atomic E-state index is 0.234. The van der Waals surface area contributed by atoms with Crippen molar-refractivity contribution in [3.05, 3.63) is 35.4 Å². The van der Waals surface area contributed by atoms with Crippen molar-refractivity contribution >= 4 is 0 Å². The highest BCUT2D eigenvalue weighted by Crippen LogP contribution is 2.51. The Kier molecular flexibility index (Phi) is 3.13. The third-order valence-electron chi connectivity index (χ3n) is 4.14. The minimum atomic E-state index is -2.19. The summed E-state index contributed by atoms with van der Waals surface area (Å²) in [4.78, 5) is 0. The monoisotopic (exact) mass is 282 g/mol. The van der Waals surface area contributed by atoms with Crippen molar-refractivity contribution in [1.82, 2.24) is 0 Å². The van der Waals surface area contributed by atoms with E-state index in [1.807, 2.05) is 12.1 Å². The molecular weight excluding hydrogens is 264 g/mol. The molecule has 2 heterocycles. The Morgan fingerprint density at radius 1 is 1.30 bits per heavy atom. The van der Waals surface area contributed by atoms with Crippen molar-refractivity contribution in [2.24, 2.45) is 0 Å². The molecule has 0 saturated carbocycles. The quantitative estimate of drug-likeness (QED) is 0.621. The summed E-state index contributed by atoms with van der Waals surface area (Å²) in [5.41, 5.74) is 1.45. The number of hydrogen-bond donors (Lipinski definition) is 3. The molecule has 2 aliphatic rings. The maximum Gasteiger partial charge on any atom is 0.255 e. The predicted molar refractivity (Wildman–Crippen MR) is 67.4 cm³/mol. The second kappa shape index (κ2) is 4.49. The fraction of sp³-hybridized carbons (Fsp3) is 0.571. The van der Waals surface area contributed by atoms with Crippen molar-refractivity contribution in [3.63, 3.8) is 0 Å². The van der Waals surface area contributed by atoms with E-state index >= 15 is 0 Å². The summed E-state index contributed by atoms with van der Waals surface area (Å²) in [6.07, 6.45) is -3.55. The molecule has 0 aromatic heterocycles. The van der Waals surface area contributed by atoms with Gasteiger partial charge in [0.25, 0.3) is 11.6 Å². The van der Waals surface area contributed by atoms with Crippen LogP contribution in [-0.2, 0) is 26.6 Å². The number of aliphatic hydroxyl groups excluding tert-OH is 2. The van der Waals surface area contributed by atoms with E-state index < -0.39 is 29.9 Å². The zero-order valence-corrected chi connectivity index (χ0v) is 11.3. The van der Waals surface area contributed by atoms with E-state index in [4.69, 9.17) is 14.2 Å². The molecule has 6 heteroatoms. The van der Waals surface area contributed by atoms with Gasteiger partial charge in [-0.3, -0.25) is 0 Å². The lowest BCUT2D eigenvalue weighted by molar-refractivity contribution is -0.464. The van der Waals surface area contributed by atoms with Gasteiger partial charge in [-0.2, -0.15) is 0 Å². The van der Waals surface area contributed by atoms with E-state index in [0.29, 0.717) is 5.56 Å². The van der Waals surface area contributed by atoms with Crippen LogP contribution in [0.15, 0.2) is 24.3 Å². The van der Waals surface area contributed by atoms with Gasteiger partial charge in [0.1, 0.15) is 12.2 Å². The maximum atomic E-state index is 10.8. The molecule has 2 aliphatic heterocycles. The van der Waals surface area contributed by atoms with Crippen LogP contribution in [0.5, 0.6) is 0 Å². The van der Waals surface area contributed by atoms with Crippen molar-refractivity contribution in [3.8, 4) is 0 Å². The van der Waals surface area contributed by atoms with Gasteiger partial charge in [0.15, 0.2) is 0 Å². The summed E-state index contributed by atoms with van der Waals surface area (Å²) in [6, 6.07) is 7.25. The average molecular weight is 282 g/mol. The van der Waals surface area contributed by atoms with Crippen molar-refractivity contribution in [2.75, 3.05) is 7.11 Å². The summed E-state index contributed by atoms with van der Waals surface area (Å²) < 4.78 is 16.5. The van der Waals surface area contributed by atoms with Gasteiger partial charge in [-0.25, -0.2) is 0 Å². The van der Waals surface area contributed by atoms with E-state index in [1.54, 1.807) is 19.1 Å². The highest BCUT2D eigenvalue weighted by atomic mass is 16.8. The van der Waals surface area contributed by atoms with Gasteiger partial charge in [0, 0.05) is 12.7 Å². The first-order valence-electron chi connectivity index (χ1n) is 6.50. The standard InChI is InChI=1S/C14H18O6/c1-8-11(15)12(16)13(17,18-2)14(20-8)10-6-4-3-5-9(10)7-19-14/h3-6,8,11-12,15-17H,7H2,1-2H3. The molecule has 0 bridgehead atoms. The highest BCUT2D eigenvalue weighted by Gasteiger charge is 2.68. The molecule has 1 aromatic carbocycles. The van der Waals surface area contributed by atoms with Gasteiger partial charge in [-0.05, 0) is 12.5 Å². The molecule has 0 radical (unpaired) electrons. The number of methoxy groups -OCH3 is 1. The normalized spacial score (nSPS) is 43.8. The van der Waals surface area contributed by atoms with Crippen LogP contribution in [0.4, 0.5) is 0 Å². The fourth-order valence-corrected chi connectivity index (χ4v) is 2.97. The molecule has 5 atom stereocenters. The second-order valence-corrected chi connectivity index (χ2v) is 5.22. The minimum Gasteiger partial charge on any atom is -0.387 e. The molecule has 3 N–H and O–H groups in total. The Morgan fingerprint density at radius 2 is 2.00 bits per heavy atom. The van der Waals surface area contributed by atoms with E-state index in [2.05, 4.69) is 0 Å². The van der Waals surface area contributed by atoms with Gasteiger partial charge in [-0.15, -0.1) is 0 Å². The number of fused-ring (bicyclic) bond motifs is 2. The molecule has 110 valence electrons. The largest absolute Gasteiger partial charge is 0.387 e. The molecule has 1 fully saturated rings. The van der Waals surface area contributed by atoms with Crippen LogP contribution in [0, 0.1) is 0 Å². The van der Waals surface area contributed by atoms with E-state index in [-0.39, 0.29) is 6.61 Å². The Hall–Kier alpha value is -1.02. The van der Waals surface area contributed by atoms with Crippen LogP contribution in [0.25, 0.3) is 0 Å². The zero-order valence-electron chi connectivity index (χ0n) is 11.3.